The van der Waals surface area contributed by atoms with Crippen molar-refractivity contribution in [1.82, 2.24) is 14.8 Å². The maximum Gasteiger partial charge on any atom is 0.228 e. The van der Waals surface area contributed by atoms with Crippen LogP contribution < -0.4 is 5.32 Å². The zero-order valence-electron chi connectivity index (χ0n) is 16.9. The minimum Gasteiger partial charge on any atom is -0.326 e. The van der Waals surface area contributed by atoms with E-state index < -0.39 is 0 Å². The average Bonchev–Trinajstić information content (AvgIpc) is 3.31. The van der Waals surface area contributed by atoms with Gasteiger partial charge in [-0.1, -0.05) is 41.4 Å². The third kappa shape index (κ3) is 4.30. The lowest BCUT2D eigenvalue weighted by Gasteiger charge is -2.06. The van der Waals surface area contributed by atoms with Crippen LogP contribution in [-0.4, -0.2) is 20.7 Å². The molecule has 2 aromatic heterocycles. The first-order valence-corrected chi connectivity index (χ1v) is 10.8. The lowest BCUT2D eigenvalue weighted by atomic mass is 10.1. The Morgan fingerprint density at radius 1 is 1.07 bits per heavy atom. The highest BCUT2D eigenvalue weighted by molar-refractivity contribution is 7.12. The Morgan fingerprint density at radius 2 is 1.77 bits per heavy atom. The third-order valence-corrected chi connectivity index (χ3v) is 6.00. The van der Waals surface area contributed by atoms with Crippen LogP contribution in [0.3, 0.4) is 0 Å². The van der Waals surface area contributed by atoms with Crippen LogP contribution in [0.1, 0.15) is 22.5 Å². The Bertz CT molecular complexity index is 1190. The number of carbonyl (C=O) groups is 1. The number of anilines is 1. The Balaban J connectivity index is 1.54. The molecule has 0 aliphatic rings. The number of carbonyl (C=O) groups excluding carboxylic acids is 1. The summed E-state index contributed by atoms with van der Waals surface area (Å²) in [5.41, 5.74) is 6.49. The molecule has 0 fully saturated rings. The SMILES string of the molecule is Cc1ccc(NC(=O)Cc2c(C)nn(-c3nc(-c4ccc(Cl)cc4)cs3)c2C)cc1. The van der Waals surface area contributed by atoms with Gasteiger partial charge in [-0.05, 0) is 45.0 Å². The van der Waals surface area contributed by atoms with Crippen LogP contribution in [0.5, 0.6) is 0 Å². The molecule has 1 amide bonds. The number of aryl methyl sites for hydroxylation is 2. The molecule has 0 bridgehead atoms. The first-order valence-electron chi connectivity index (χ1n) is 9.54. The van der Waals surface area contributed by atoms with Crippen molar-refractivity contribution in [3.8, 4) is 16.4 Å². The van der Waals surface area contributed by atoms with Crippen molar-refractivity contribution in [3.63, 3.8) is 0 Å². The monoisotopic (exact) mass is 436 g/mol. The predicted molar refractivity (Wildman–Crippen MR) is 123 cm³/mol. The normalized spacial score (nSPS) is 10.9. The highest BCUT2D eigenvalue weighted by atomic mass is 35.5. The molecule has 5 nitrogen and oxygen atoms in total. The molecule has 0 spiro atoms. The quantitative estimate of drug-likeness (QED) is 0.433. The smallest absolute Gasteiger partial charge is 0.228 e. The van der Waals surface area contributed by atoms with Crippen LogP contribution in [0.2, 0.25) is 5.02 Å². The van der Waals surface area contributed by atoms with Gasteiger partial charge in [0.25, 0.3) is 0 Å². The number of rotatable bonds is 5. The number of thiazole rings is 1. The number of nitrogens with one attached hydrogen (secondary N) is 1. The van der Waals surface area contributed by atoms with Gasteiger partial charge in [0.1, 0.15) is 0 Å². The molecule has 2 aromatic carbocycles. The van der Waals surface area contributed by atoms with Gasteiger partial charge in [0.2, 0.25) is 11.0 Å². The highest BCUT2D eigenvalue weighted by Crippen LogP contribution is 2.27. The van der Waals surface area contributed by atoms with E-state index >= 15 is 0 Å². The van der Waals surface area contributed by atoms with Gasteiger partial charge in [0.05, 0.1) is 17.8 Å². The van der Waals surface area contributed by atoms with Gasteiger partial charge in [-0.25, -0.2) is 9.67 Å². The van der Waals surface area contributed by atoms with Gasteiger partial charge in [-0.15, -0.1) is 11.3 Å². The Kier molecular flexibility index (Phi) is 5.70. The molecule has 0 unspecified atom stereocenters. The van der Waals surface area contributed by atoms with Crippen molar-refractivity contribution in [3.05, 3.63) is 81.4 Å². The second-order valence-electron chi connectivity index (χ2n) is 7.17. The minimum atomic E-state index is -0.0643. The molecular weight excluding hydrogens is 416 g/mol. The van der Waals surface area contributed by atoms with E-state index in [4.69, 9.17) is 16.6 Å². The molecule has 2 heterocycles. The van der Waals surface area contributed by atoms with Gasteiger partial charge in [0.15, 0.2) is 0 Å². The van der Waals surface area contributed by atoms with E-state index in [2.05, 4.69) is 10.4 Å². The molecule has 152 valence electrons. The molecule has 0 radical (unpaired) electrons. The van der Waals surface area contributed by atoms with E-state index in [1.165, 1.54) is 11.3 Å². The van der Waals surface area contributed by atoms with Gasteiger partial charge >= 0.3 is 0 Å². The molecule has 0 atom stereocenters. The molecule has 0 aliphatic heterocycles. The van der Waals surface area contributed by atoms with Crippen LogP contribution in [-0.2, 0) is 11.2 Å². The predicted octanol–water partition coefficient (Wildman–Crippen LogP) is 5.76. The number of aromatic nitrogens is 3. The average molecular weight is 437 g/mol. The van der Waals surface area contributed by atoms with Crippen molar-refractivity contribution in [2.75, 3.05) is 5.32 Å². The second-order valence-corrected chi connectivity index (χ2v) is 8.45. The van der Waals surface area contributed by atoms with Crippen molar-refractivity contribution < 1.29 is 4.79 Å². The van der Waals surface area contributed by atoms with E-state index in [1.807, 2.05) is 79.4 Å². The zero-order valence-corrected chi connectivity index (χ0v) is 18.5. The number of benzene rings is 2. The lowest BCUT2D eigenvalue weighted by Crippen LogP contribution is -2.15. The van der Waals surface area contributed by atoms with E-state index in [1.54, 1.807) is 0 Å². The summed E-state index contributed by atoms with van der Waals surface area (Å²) in [5.74, 6) is -0.0643. The summed E-state index contributed by atoms with van der Waals surface area (Å²) in [6, 6.07) is 15.4. The zero-order chi connectivity index (χ0) is 21.3. The van der Waals surface area contributed by atoms with Crippen LogP contribution >= 0.6 is 22.9 Å². The Labute approximate surface area is 184 Å². The number of amides is 1. The van der Waals surface area contributed by atoms with Crippen LogP contribution in [0.25, 0.3) is 16.4 Å². The van der Waals surface area contributed by atoms with Crippen LogP contribution in [0.15, 0.2) is 53.9 Å². The fourth-order valence-corrected chi connectivity index (χ4v) is 4.19. The lowest BCUT2D eigenvalue weighted by molar-refractivity contribution is -0.115. The van der Waals surface area contributed by atoms with E-state index in [0.29, 0.717) is 5.02 Å². The summed E-state index contributed by atoms with van der Waals surface area (Å²) >= 11 is 7.49. The summed E-state index contributed by atoms with van der Waals surface area (Å²) in [4.78, 5) is 17.3. The molecular formula is C23H21ClN4OS. The van der Waals surface area contributed by atoms with Gasteiger partial charge in [-0.3, -0.25) is 4.79 Å². The number of hydrogen-bond acceptors (Lipinski definition) is 4. The molecule has 0 aliphatic carbocycles. The fourth-order valence-electron chi connectivity index (χ4n) is 3.23. The number of hydrogen-bond donors (Lipinski definition) is 1. The summed E-state index contributed by atoms with van der Waals surface area (Å²) in [6.07, 6.45) is 0.265. The van der Waals surface area contributed by atoms with Crippen molar-refractivity contribution in [2.45, 2.75) is 27.2 Å². The maximum atomic E-state index is 12.6. The molecule has 4 aromatic rings. The fraction of sp³-hybridized carbons (Fsp3) is 0.174. The molecule has 0 saturated heterocycles. The van der Waals surface area contributed by atoms with E-state index in [0.717, 1.165) is 44.6 Å². The van der Waals surface area contributed by atoms with E-state index in [9.17, 15) is 4.79 Å². The minimum absolute atomic E-state index is 0.0643. The summed E-state index contributed by atoms with van der Waals surface area (Å²) in [5, 5.41) is 11.1. The molecule has 0 saturated carbocycles. The van der Waals surface area contributed by atoms with Gasteiger partial charge in [0, 0.05) is 32.9 Å². The maximum absolute atomic E-state index is 12.6. The molecule has 30 heavy (non-hydrogen) atoms. The Hall–Kier alpha value is -2.96. The highest BCUT2D eigenvalue weighted by Gasteiger charge is 2.18. The van der Waals surface area contributed by atoms with Gasteiger partial charge < -0.3 is 5.32 Å². The molecule has 4 rings (SSSR count). The first kappa shape index (κ1) is 20.3. The van der Waals surface area contributed by atoms with Crippen LogP contribution in [0.4, 0.5) is 5.69 Å². The first-order chi connectivity index (χ1) is 14.4. The van der Waals surface area contributed by atoms with Crippen molar-refractivity contribution in [2.24, 2.45) is 0 Å². The summed E-state index contributed by atoms with van der Waals surface area (Å²) in [6.45, 7) is 5.91. The van der Waals surface area contributed by atoms with E-state index in [-0.39, 0.29) is 12.3 Å². The number of halogens is 1. The summed E-state index contributed by atoms with van der Waals surface area (Å²) < 4.78 is 1.81. The standard InChI is InChI=1S/C23H21ClN4OS/c1-14-4-10-19(11-5-14)25-22(29)12-20-15(2)27-28(16(20)3)23-26-21(13-30-23)17-6-8-18(24)9-7-17/h4-11,13H,12H2,1-3H3,(H,25,29). The van der Waals surface area contributed by atoms with Crippen molar-refractivity contribution in [1.29, 1.82) is 0 Å². The second kappa shape index (κ2) is 8.42. The largest absolute Gasteiger partial charge is 0.326 e. The van der Waals surface area contributed by atoms with Crippen LogP contribution in [0, 0.1) is 20.8 Å². The summed E-state index contributed by atoms with van der Waals surface area (Å²) in [7, 11) is 0. The molecule has 7 heteroatoms. The molecule has 1 N–H and O–H groups in total. The van der Waals surface area contributed by atoms with Crippen molar-refractivity contribution >= 4 is 34.5 Å². The topological polar surface area (TPSA) is 59.8 Å². The van der Waals surface area contributed by atoms with Gasteiger partial charge in [-0.2, -0.15) is 5.10 Å². The Morgan fingerprint density at radius 3 is 2.47 bits per heavy atom. The third-order valence-electron chi connectivity index (χ3n) is 4.93. The number of nitrogens with zero attached hydrogens (tertiary/aromatic N) is 3.